The van der Waals surface area contributed by atoms with Crippen molar-refractivity contribution in [2.75, 3.05) is 13.1 Å². The van der Waals surface area contributed by atoms with Gasteiger partial charge < -0.3 is 5.32 Å². The first-order valence-electron chi connectivity index (χ1n) is 9.36. The summed E-state index contributed by atoms with van der Waals surface area (Å²) in [6.07, 6.45) is 8.52. The van der Waals surface area contributed by atoms with Gasteiger partial charge >= 0.3 is 0 Å². The predicted octanol–water partition coefficient (Wildman–Crippen LogP) is 3.00. The lowest BCUT2D eigenvalue weighted by molar-refractivity contribution is -0.122. The van der Waals surface area contributed by atoms with E-state index in [1.54, 1.807) is 12.1 Å². The number of hydrogen-bond donors (Lipinski definition) is 2. The number of rotatable bonds is 9. The number of hydrogen-bond acceptors (Lipinski definition) is 3. The zero-order valence-corrected chi connectivity index (χ0v) is 15.9. The summed E-state index contributed by atoms with van der Waals surface area (Å²) in [4.78, 5) is 12.2. The predicted molar refractivity (Wildman–Crippen MR) is 99.8 cm³/mol. The van der Waals surface area contributed by atoms with Gasteiger partial charge in [-0.2, -0.15) is 0 Å². The van der Waals surface area contributed by atoms with Crippen LogP contribution >= 0.6 is 0 Å². The lowest BCUT2D eigenvalue weighted by Crippen LogP contribution is -2.35. The summed E-state index contributed by atoms with van der Waals surface area (Å²) in [5.41, 5.74) is 1.14. The highest BCUT2D eigenvalue weighted by atomic mass is 32.2. The maximum absolute atomic E-state index is 12.2. The molecule has 0 saturated heterocycles. The summed E-state index contributed by atoms with van der Waals surface area (Å²) < 4.78 is 27.0. The maximum atomic E-state index is 12.2. The first-order chi connectivity index (χ1) is 12.0. The van der Waals surface area contributed by atoms with E-state index < -0.39 is 10.0 Å². The molecule has 1 fully saturated rings. The SMILES string of the molecule is CCCc1ccc(S(=O)(=O)NCCNC(=O)CC2CCCCC2)cc1. The summed E-state index contributed by atoms with van der Waals surface area (Å²) >= 11 is 0. The molecule has 5 nitrogen and oxygen atoms in total. The number of carbonyl (C=O) groups excluding carboxylic acids is 1. The van der Waals surface area contributed by atoms with Crippen molar-refractivity contribution in [2.45, 2.75) is 63.2 Å². The van der Waals surface area contributed by atoms with E-state index in [0.29, 0.717) is 18.9 Å². The average molecular weight is 367 g/mol. The van der Waals surface area contributed by atoms with Crippen LogP contribution in [0.15, 0.2) is 29.2 Å². The minimum atomic E-state index is -3.52. The third-order valence-corrected chi connectivity index (χ3v) is 6.19. The van der Waals surface area contributed by atoms with Gasteiger partial charge in [-0.25, -0.2) is 13.1 Å². The van der Waals surface area contributed by atoms with Gasteiger partial charge in [0, 0.05) is 19.5 Å². The van der Waals surface area contributed by atoms with Crippen molar-refractivity contribution >= 4 is 15.9 Å². The van der Waals surface area contributed by atoms with Gasteiger partial charge in [-0.3, -0.25) is 4.79 Å². The van der Waals surface area contributed by atoms with Gasteiger partial charge in [-0.05, 0) is 42.9 Å². The van der Waals surface area contributed by atoms with Crippen molar-refractivity contribution < 1.29 is 13.2 Å². The molecule has 2 rings (SSSR count). The van der Waals surface area contributed by atoms with E-state index in [0.717, 1.165) is 31.2 Å². The molecular weight excluding hydrogens is 336 g/mol. The fourth-order valence-corrected chi connectivity index (χ4v) is 4.35. The number of amides is 1. The molecule has 0 bridgehead atoms. The fourth-order valence-electron chi connectivity index (χ4n) is 3.32. The van der Waals surface area contributed by atoms with Gasteiger partial charge in [0.25, 0.3) is 0 Å². The standard InChI is InChI=1S/C19H30N2O3S/c1-2-6-16-9-11-18(12-10-16)25(23,24)21-14-13-20-19(22)15-17-7-4-3-5-8-17/h9-12,17,21H,2-8,13-15H2,1H3,(H,20,22). The Kier molecular flexibility index (Phi) is 7.90. The van der Waals surface area contributed by atoms with Crippen LogP contribution in [0.3, 0.4) is 0 Å². The topological polar surface area (TPSA) is 75.3 Å². The van der Waals surface area contributed by atoms with Crippen molar-refractivity contribution in [3.05, 3.63) is 29.8 Å². The number of sulfonamides is 1. The first-order valence-corrected chi connectivity index (χ1v) is 10.8. The quantitative estimate of drug-likeness (QED) is 0.660. The van der Waals surface area contributed by atoms with Gasteiger partial charge in [0.15, 0.2) is 0 Å². The second kappa shape index (κ2) is 9.92. The number of aryl methyl sites for hydroxylation is 1. The zero-order chi connectivity index (χ0) is 18.1. The van der Waals surface area contributed by atoms with Gasteiger partial charge in [0.05, 0.1) is 4.90 Å². The molecule has 6 heteroatoms. The van der Waals surface area contributed by atoms with Crippen molar-refractivity contribution in [2.24, 2.45) is 5.92 Å². The molecule has 1 aromatic rings. The summed E-state index contributed by atoms with van der Waals surface area (Å²) in [7, 11) is -3.52. The molecule has 0 spiro atoms. The van der Waals surface area contributed by atoms with E-state index in [2.05, 4.69) is 17.0 Å². The molecule has 0 atom stereocenters. The highest BCUT2D eigenvalue weighted by molar-refractivity contribution is 7.89. The first kappa shape index (κ1) is 19.9. The van der Waals surface area contributed by atoms with Gasteiger partial charge in [0.2, 0.25) is 15.9 Å². The van der Waals surface area contributed by atoms with Crippen molar-refractivity contribution in [3.63, 3.8) is 0 Å². The molecule has 0 radical (unpaired) electrons. The Bertz CT molecular complexity index is 635. The van der Waals surface area contributed by atoms with Crippen LogP contribution in [0, 0.1) is 5.92 Å². The smallest absolute Gasteiger partial charge is 0.240 e. The third-order valence-electron chi connectivity index (χ3n) is 4.71. The lowest BCUT2D eigenvalue weighted by atomic mass is 9.87. The molecule has 25 heavy (non-hydrogen) atoms. The Morgan fingerprint density at radius 1 is 1.08 bits per heavy atom. The molecule has 1 aromatic carbocycles. The third kappa shape index (κ3) is 6.78. The molecule has 2 N–H and O–H groups in total. The second-order valence-electron chi connectivity index (χ2n) is 6.85. The Labute approximate surface area is 151 Å². The monoisotopic (exact) mass is 366 g/mol. The van der Waals surface area contributed by atoms with Crippen LogP contribution in [-0.4, -0.2) is 27.4 Å². The van der Waals surface area contributed by atoms with Crippen LogP contribution in [-0.2, 0) is 21.2 Å². The molecular formula is C19H30N2O3S. The number of carbonyl (C=O) groups is 1. The number of nitrogens with one attached hydrogen (secondary N) is 2. The highest BCUT2D eigenvalue weighted by Gasteiger charge is 2.17. The molecule has 0 heterocycles. The number of benzene rings is 1. The lowest BCUT2D eigenvalue weighted by Gasteiger charge is -2.20. The minimum absolute atomic E-state index is 0.0232. The molecule has 0 aliphatic heterocycles. The fraction of sp³-hybridized carbons (Fsp3) is 0.632. The van der Waals surface area contributed by atoms with Crippen LogP contribution in [0.4, 0.5) is 0 Å². The minimum Gasteiger partial charge on any atom is -0.355 e. The van der Waals surface area contributed by atoms with E-state index in [4.69, 9.17) is 0 Å². The van der Waals surface area contributed by atoms with Crippen LogP contribution in [0.25, 0.3) is 0 Å². The Morgan fingerprint density at radius 2 is 1.76 bits per heavy atom. The maximum Gasteiger partial charge on any atom is 0.240 e. The molecule has 0 aromatic heterocycles. The normalized spacial score (nSPS) is 15.9. The zero-order valence-electron chi connectivity index (χ0n) is 15.1. The van der Waals surface area contributed by atoms with Gasteiger partial charge in [-0.1, -0.05) is 44.7 Å². The van der Waals surface area contributed by atoms with E-state index >= 15 is 0 Å². The molecule has 0 unspecified atom stereocenters. The highest BCUT2D eigenvalue weighted by Crippen LogP contribution is 2.25. The van der Waals surface area contributed by atoms with E-state index in [-0.39, 0.29) is 17.3 Å². The molecule has 1 saturated carbocycles. The van der Waals surface area contributed by atoms with Crippen LogP contribution in [0.1, 0.15) is 57.4 Å². The molecule has 140 valence electrons. The largest absolute Gasteiger partial charge is 0.355 e. The molecule has 1 aliphatic carbocycles. The average Bonchev–Trinajstić information content (AvgIpc) is 2.60. The van der Waals surface area contributed by atoms with E-state index in [1.165, 1.54) is 19.3 Å². The molecule has 1 amide bonds. The summed E-state index contributed by atoms with van der Waals surface area (Å²) in [5.74, 6) is 0.516. The van der Waals surface area contributed by atoms with Crippen molar-refractivity contribution in [1.29, 1.82) is 0 Å². The van der Waals surface area contributed by atoms with Crippen LogP contribution < -0.4 is 10.0 Å². The van der Waals surface area contributed by atoms with Crippen molar-refractivity contribution in [3.8, 4) is 0 Å². The van der Waals surface area contributed by atoms with Gasteiger partial charge in [-0.15, -0.1) is 0 Å². The van der Waals surface area contributed by atoms with Crippen LogP contribution in [0.5, 0.6) is 0 Å². The van der Waals surface area contributed by atoms with Crippen molar-refractivity contribution in [1.82, 2.24) is 10.0 Å². The van der Waals surface area contributed by atoms with E-state index in [1.807, 2.05) is 12.1 Å². The molecule has 1 aliphatic rings. The van der Waals surface area contributed by atoms with E-state index in [9.17, 15) is 13.2 Å². The summed E-state index contributed by atoms with van der Waals surface area (Å²) in [6.45, 7) is 2.61. The Balaban J connectivity index is 1.71. The summed E-state index contributed by atoms with van der Waals surface area (Å²) in [5, 5.41) is 2.81. The van der Waals surface area contributed by atoms with Crippen LogP contribution in [0.2, 0.25) is 0 Å². The Morgan fingerprint density at radius 3 is 2.40 bits per heavy atom. The summed E-state index contributed by atoms with van der Waals surface area (Å²) in [6, 6.07) is 6.97. The van der Waals surface area contributed by atoms with Gasteiger partial charge in [0.1, 0.15) is 0 Å². The second-order valence-corrected chi connectivity index (χ2v) is 8.62. The Hall–Kier alpha value is -1.40.